The van der Waals surface area contributed by atoms with Crippen molar-refractivity contribution in [3.63, 3.8) is 0 Å². The Bertz CT molecular complexity index is 371. The van der Waals surface area contributed by atoms with Crippen molar-refractivity contribution in [1.82, 2.24) is 0 Å². The lowest BCUT2D eigenvalue weighted by atomic mass is 10.2. The van der Waals surface area contributed by atoms with Crippen LogP contribution >= 0.6 is 11.6 Å². The third-order valence-corrected chi connectivity index (χ3v) is 2.53. The minimum Gasteiger partial charge on any atom is -0.454 e. The van der Waals surface area contributed by atoms with Gasteiger partial charge in [-0.05, 0) is 6.92 Å². The quantitative estimate of drug-likeness (QED) is 0.829. The summed E-state index contributed by atoms with van der Waals surface area (Å²) in [4.78, 5) is 0. The Hall–Kier alpha value is -1.13. The third kappa shape index (κ3) is 2.11. The van der Waals surface area contributed by atoms with E-state index < -0.39 is 0 Å². The van der Waals surface area contributed by atoms with Crippen molar-refractivity contribution in [3.8, 4) is 11.5 Å². The molecule has 0 radical (unpaired) electrons. The average molecular weight is 229 g/mol. The van der Waals surface area contributed by atoms with Crippen molar-refractivity contribution < 1.29 is 9.47 Å². The topological polar surface area (TPSA) is 56.5 Å². The second-order valence-electron chi connectivity index (χ2n) is 3.47. The van der Waals surface area contributed by atoms with Gasteiger partial charge in [0.1, 0.15) is 0 Å². The molecular weight excluding hydrogens is 216 g/mol. The fraction of sp³-hybridized carbons (Fsp3) is 0.400. The first-order valence-electron chi connectivity index (χ1n) is 4.76. The molecule has 0 saturated heterocycles. The van der Waals surface area contributed by atoms with Crippen LogP contribution in [0, 0.1) is 0 Å². The summed E-state index contributed by atoms with van der Waals surface area (Å²) in [5.74, 6) is 1.40. The molecule has 0 fully saturated rings. The first-order valence-corrected chi connectivity index (χ1v) is 5.14. The van der Waals surface area contributed by atoms with E-state index in [0.717, 1.165) is 5.69 Å². The molecule has 1 aliphatic rings. The Balaban J connectivity index is 2.24. The van der Waals surface area contributed by atoms with Crippen LogP contribution in [0.25, 0.3) is 0 Å². The zero-order valence-corrected chi connectivity index (χ0v) is 9.17. The van der Waals surface area contributed by atoms with E-state index in [0.29, 0.717) is 23.1 Å². The highest BCUT2D eigenvalue weighted by atomic mass is 35.5. The predicted octanol–water partition coefficient (Wildman–Crippen LogP) is 1.83. The van der Waals surface area contributed by atoms with E-state index in [1.807, 2.05) is 13.0 Å². The zero-order valence-electron chi connectivity index (χ0n) is 8.42. The molecule has 1 aromatic rings. The summed E-state index contributed by atoms with van der Waals surface area (Å²) in [5, 5.41) is 3.81. The van der Waals surface area contributed by atoms with Gasteiger partial charge in [0.2, 0.25) is 6.79 Å². The minimum absolute atomic E-state index is 0.169. The normalized spacial score (nSPS) is 15.1. The van der Waals surface area contributed by atoms with Crippen molar-refractivity contribution in [3.05, 3.63) is 17.2 Å². The third-order valence-electron chi connectivity index (χ3n) is 2.22. The fourth-order valence-corrected chi connectivity index (χ4v) is 1.56. The molecule has 0 aliphatic carbocycles. The molecule has 0 spiro atoms. The summed E-state index contributed by atoms with van der Waals surface area (Å²) in [6, 6.07) is 3.75. The van der Waals surface area contributed by atoms with Crippen molar-refractivity contribution in [2.75, 3.05) is 18.7 Å². The van der Waals surface area contributed by atoms with E-state index in [-0.39, 0.29) is 12.8 Å². The predicted molar refractivity (Wildman–Crippen MR) is 59.7 cm³/mol. The summed E-state index contributed by atoms with van der Waals surface area (Å²) in [5.41, 5.74) is 6.34. The van der Waals surface area contributed by atoms with Crippen molar-refractivity contribution in [2.45, 2.75) is 13.0 Å². The van der Waals surface area contributed by atoms with E-state index in [1.165, 1.54) is 0 Å². The van der Waals surface area contributed by atoms with Gasteiger partial charge in [0.05, 0.1) is 10.7 Å². The first kappa shape index (κ1) is 10.4. The Morgan fingerprint density at radius 1 is 1.47 bits per heavy atom. The second kappa shape index (κ2) is 4.16. The van der Waals surface area contributed by atoms with E-state index >= 15 is 0 Å². The Kier molecular flexibility index (Phi) is 2.88. The highest BCUT2D eigenvalue weighted by Crippen LogP contribution is 2.39. The van der Waals surface area contributed by atoms with Crippen molar-refractivity contribution in [1.29, 1.82) is 0 Å². The van der Waals surface area contributed by atoms with Crippen LogP contribution in [0.2, 0.25) is 5.02 Å². The van der Waals surface area contributed by atoms with Crippen LogP contribution in [-0.4, -0.2) is 19.4 Å². The number of benzene rings is 1. The average Bonchev–Trinajstić information content (AvgIpc) is 2.65. The monoisotopic (exact) mass is 228 g/mol. The second-order valence-corrected chi connectivity index (χ2v) is 3.87. The van der Waals surface area contributed by atoms with Gasteiger partial charge in [0.25, 0.3) is 0 Å². The van der Waals surface area contributed by atoms with Crippen LogP contribution in [0.1, 0.15) is 6.92 Å². The number of anilines is 1. The molecule has 3 N–H and O–H groups in total. The maximum Gasteiger partial charge on any atom is 0.231 e. The lowest BCUT2D eigenvalue weighted by molar-refractivity contribution is 0.174. The Morgan fingerprint density at radius 2 is 2.13 bits per heavy atom. The van der Waals surface area contributed by atoms with Gasteiger partial charge in [-0.3, -0.25) is 0 Å². The number of hydrogen-bond acceptors (Lipinski definition) is 4. The summed E-state index contributed by atoms with van der Waals surface area (Å²) in [6.45, 7) is 2.78. The van der Waals surface area contributed by atoms with E-state index in [9.17, 15) is 0 Å². The standard InChI is InChI=1S/C10H13ClN2O2/c1-6(4-12)13-8-3-10-9(2-7(8)11)14-5-15-10/h2-3,6,13H,4-5,12H2,1H3. The fourth-order valence-electron chi connectivity index (χ4n) is 1.35. The Morgan fingerprint density at radius 3 is 2.80 bits per heavy atom. The van der Waals surface area contributed by atoms with Gasteiger partial charge in [-0.15, -0.1) is 0 Å². The minimum atomic E-state index is 0.169. The van der Waals surface area contributed by atoms with Crippen LogP contribution in [0.15, 0.2) is 12.1 Å². The van der Waals surface area contributed by atoms with Gasteiger partial charge in [0, 0.05) is 24.7 Å². The first-order chi connectivity index (χ1) is 7.20. The van der Waals surface area contributed by atoms with Gasteiger partial charge in [-0.25, -0.2) is 0 Å². The summed E-state index contributed by atoms with van der Waals surface area (Å²) >= 11 is 6.07. The van der Waals surface area contributed by atoms with Crippen LogP contribution in [-0.2, 0) is 0 Å². The van der Waals surface area contributed by atoms with Gasteiger partial charge < -0.3 is 20.5 Å². The highest BCUT2D eigenvalue weighted by molar-refractivity contribution is 6.33. The van der Waals surface area contributed by atoms with E-state index in [4.69, 9.17) is 26.8 Å². The van der Waals surface area contributed by atoms with Crippen LogP contribution in [0.4, 0.5) is 5.69 Å². The number of halogens is 1. The molecule has 0 aromatic heterocycles. The molecule has 5 heteroatoms. The van der Waals surface area contributed by atoms with Gasteiger partial charge >= 0.3 is 0 Å². The molecule has 1 aromatic carbocycles. The summed E-state index contributed by atoms with van der Waals surface area (Å²) < 4.78 is 10.5. The molecule has 82 valence electrons. The molecule has 0 amide bonds. The lowest BCUT2D eigenvalue weighted by Crippen LogP contribution is -2.25. The highest BCUT2D eigenvalue weighted by Gasteiger charge is 2.16. The molecule has 2 rings (SSSR count). The number of ether oxygens (including phenoxy) is 2. The molecule has 0 bridgehead atoms. The number of nitrogens with one attached hydrogen (secondary N) is 1. The van der Waals surface area contributed by atoms with Gasteiger partial charge in [0.15, 0.2) is 11.5 Å². The van der Waals surface area contributed by atoms with Crippen LogP contribution in [0.5, 0.6) is 11.5 Å². The number of fused-ring (bicyclic) bond motifs is 1. The maximum absolute atomic E-state index is 6.07. The van der Waals surface area contributed by atoms with Crippen LogP contribution < -0.4 is 20.5 Å². The largest absolute Gasteiger partial charge is 0.454 e. The van der Waals surface area contributed by atoms with Gasteiger partial charge in [-0.1, -0.05) is 11.6 Å². The summed E-state index contributed by atoms with van der Waals surface area (Å²) in [7, 11) is 0. The molecule has 0 saturated carbocycles. The van der Waals surface area contributed by atoms with E-state index in [2.05, 4.69) is 5.32 Å². The zero-order chi connectivity index (χ0) is 10.8. The van der Waals surface area contributed by atoms with Crippen LogP contribution in [0.3, 0.4) is 0 Å². The molecule has 1 heterocycles. The number of rotatable bonds is 3. The van der Waals surface area contributed by atoms with Crippen molar-refractivity contribution >= 4 is 17.3 Å². The van der Waals surface area contributed by atoms with Crippen molar-refractivity contribution in [2.24, 2.45) is 5.73 Å². The molecule has 4 nitrogen and oxygen atoms in total. The maximum atomic E-state index is 6.07. The molecule has 1 unspecified atom stereocenters. The van der Waals surface area contributed by atoms with E-state index in [1.54, 1.807) is 6.07 Å². The smallest absolute Gasteiger partial charge is 0.231 e. The number of hydrogen-bond donors (Lipinski definition) is 2. The SMILES string of the molecule is CC(CN)Nc1cc2c(cc1Cl)OCO2. The molecule has 1 aliphatic heterocycles. The van der Waals surface area contributed by atoms with Gasteiger partial charge in [-0.2, -0.15) is 0 Å². The molecular formula is C10H13ClN2O2. The lowest BCUT2D eigenvalue weighted by Gasteiger charge is -2.14. The molecule has 1 atom stereocenters. The summed E-state index contributed by atoms with van der Waals surface area (Å²) in [6.07, 6.45) is 0. The number of nitrogens with two attached hydrogens (primary N) is 1. The Labute approximate surface area is 93.3 Å². The molecule has 15 heavy (non-hydrogen) atoms.